The molecular formula is C103H190O9. The van der Waals surface area contributed by atoms with Gasteiger partial charge in [-0.3, -0.25) is 0 Å². The van der Waals surface area contributed by atoms with Crippen molar-refractivity contribution in [2.75, 3.05) is 27.4 Å². The maximum atomic E-state index is 6.47. The minimum atomic E-state index is 0.0818. The molecule has 0 N–H and O–H groups in total. The number of hydrogen-bond donors (Lipinski definition) is 0. The molecule has 20 saturated carbocycles. The Kier molecular flexibility index (Phi) is 38.5. The molecule has 0 aromatic heterocycles. The first-order valence-electron chi connectivity index (χ1n) is 50.2. The molecule has 0 aliphatic heterocycles. The third kappa shape index (κ3) is 25.2. The molecule has 20 rings (SSSR count). The van der Waals surface area contributed by atoms with E-state index in [1.807, 2.05) is 6.92 Å². The normalized spacial score (nSPS) is 41.2. The molecule has 0 aromatic carbocycles. The smallest absolute Gasteiger partial charge is 0.0714 e. The average Bonchev–Trinajstić information content (AvgIpc) is 1.38. The number of hydrogen-bond acceptors (Lipinski definition) is 9. The van der Waals surface area contributed by atoms with Gasteiger partial charge in [0.25, 0.3) is 0 Å². The first-order valence-corrected chi connectivity index (χ1v) is 50.2. The molecule has 20 aliphatic carbocycles. The zero-order valence-corrected chi connectivity index (χ0v) is 78.6. The van der Waals surface area contributed by atoms with Gasteiger partial charge in [-0.15, -0.1) is 0 Å². The van der Waals surface area contributed by atoms with E-state index in [-0.39, 0.29) is 11.2 Å². The molecule has 0 amide bonds. The van der Waals surface area contributed by atoms with Crippen molar-refractivity contribution >= 4 is 0 Å². The van der Waals surface area contributed by atoms with E-state index in [0.717, 1.165) is 177 Å². The topological polar surface area (TPSA) is 83.1 Å². The van der Waals surface area contributed by atoms with E-state index in [1.165, 1.54) is 180 Å². The van der Waals surface area contributed by atoms with Crippen molar-refractivity contribution in [2.24, 2.45) is 129 Å². The van der Waals surface area contributed by atoms with Crippen LogP contribution in [0.15, 0.2) is 0 Å². The number of ether oxygens (including phenoxy) is 9. The molecule has 0 saturated heterocycles. The van der Waals surface area contributed by atoms with Crippen molar-refractivity contribution in [2.45, 2.75) is 500 Å². The van der Waals surface area contributed by atoms with E-state index >= 15 is 0 Å². The third-order valence-electron chi connectivity index (χ3n) is 35.1. The first-order chi connectivity index (χ1) is 53.6. The van der Waals surface area contributed by atoms with Gasteiger partial charge in [0.05, 0.1) is 91.1 Å². The first kappa shape index (κ1) is 95.5. The molecular weight excluding hydrogens is 1380 g/mol. The summed E-state index contributed by atoms with van der Waals surface area (Å²) in [5.41, 5.74) is 1.42. The van der Waals surface area contributed by atoms with Gasteiger partial charge < -0.3 is 42.6 Å². The van der Waals surface area contributed by atoms with Crippen LogP contribution in [0.3, 0.4) is 0 Å². The summed E-state index contributed by atoms with van der Waals surface area (Å²) in [6.45, 7) is 50.4. The molecule has 20 aliphatic rings. The van der Waals surface area contributed by atoms with Crippen molar-refractivity contribution < 1.29 is 42.6 Å². The zero-order chi connectivity index (χ0) is 81.2. The Hall–Kier alpha value is -0.360. The quantitative estimate of drug-likeness (QED) is 0.0747. The van der Waals surface area contributed by atoms with Crippen molar-refractivity contribution in [1.82, 2.24) is 0 Å². The summed E-state index contributed by atoms with van der Waals surface area (Å²) in [4.78, 5) is 0. The van der Waals surface area contributed by atoms with Crippen LogP contribution in [0, 0.1) is 129 Å². The van der Waals surface area contributed by atoms with Gasteiger partial charge in [0.15, 0.2) is 0 Å². The fourth-order valence-electron chi connectivity index (χ4n) is 28.3. The van der Waals surface area contributed by atoms with Gasteiger partial charge in [0.2, 0.25) is 0 Å². The Labute approximate surface area is 695 Å². The maximum Gasteiger partial charge on any atom is 0.0714 e. The number of rotatable bonds is 27. The van der Waals surface area contributed by atoms with Gasteiger partial charge in [0, 0.05) is 20.8 Å². The van der Waals surface area contributed by atoms with E-state index in [4.69, 9.17) is 42.6 Å². The SMILES string of the molecule is CCC(C)OC.CCC(C)OC.CCC(C)OC(C)(C)C12CC3CC(CC(C3)C1)C2.CCC(C)OC1(C)C2CC3CC(C2)CC1C3.CCC(C)OC1CC2CC1C1C3CCC(C3)C21.CCC(C)OC1CC2CC1C1CCCC21.CCC(C)OC1CCCCC1.CCC(C)OCC12CC3CC(CC(C3)C1)C2.CCOC(C)CC. The third-order valence-corrected chi connectivity index (χ3v) is 35.1. The molecule has 21 atom stereocenters. The Morgan fingerprint density at radius 2 is 0.741 bits per heavy atom. The lowest BCUT2D eigenvalue weighted by Crippen LogP contribution is -2.58. The fourth-order valence-corrected chi connectivity index (χ4v) is 28.3. The van der Waals surface area contributed by atoms with Gasteiger partial charge in [0.1, 0.15) is 0 Å². The van der Waals surface area contributed by atoms with Crippen LogP contribution in [0.5, 0.6) is 0 Å². The molecule has 0 heterocycles. The van der Waals surface area contributed by atoms with Crippen molar-refractivity contribution in [1.29, 1.82) is 0 Å². The van der Waals surface area contributed by atoms with Gasteiger partial charge in [-0.05, 0) is 457 Å². The summed E-state index contributed by atoms with van der Waals surface area (Å²) < 4.78 is 52.4. The highest BCUT2D eigenvalue weighted by molar-refractivity contribution is 5.13. The highest BCUT2D eigenvalue weighted by Gasteiger charge is 2.64. The lowest BCUT2D eigenvalue weighted by molar-refractivity contribution is -0.213. The van der Waals surface area contributed by atoms with Crippen molar-refractivity contribution in [3.63, 3.8) is 0 Å². The van der Waals surface area contributed by atoms with Crippen LogP contribution in [0.1, 0.15) is 416 Å². The van der Waals surface area contributed by atoms with Crippen molar-refractivity contribution in [3.8, 4) is 0 Å². The molecule has 0 spiro atoms. The lowest BCUT2D eigenvalue weighted by atomic mass is 9.46. The second-order valence-electron chi connectivity index (χ2n) is 43.3. The Morgan fingerprint density at radius 1 is 0.330 bits per heavy atom. The van der Waals surface area contributed by atoms with Crippen molar-refractivity contribution in [3.05, 3.63) is 0 Å². The summed E-state index contributed by atoms with van der Waals surface area (Å²) in [5.74, 6) is 20.7. The van der Waals surface area contributed by atoms with Gasteiger partial charge in [-0.25, -0.2) is 0 Å². The van der Waals surface area contributed by atoms with Crippen LogP contribution in [0.4, 0.5) is 0 Å². The van der Waals surface area contributed by atoms with E-state index < -0.39 is 0 Å². The van der Waals surface area contributed by atoms with Gasteiger partial charge >= 0.3 is 0 Å². The van der Waals surface area contributed by atoms with Crippen LogP contribution < -0.4 is 0 Å². The van der Waals surface area contributed by atoms with Gasteiger partial charge in [-0.2, -0.15) is 0 Å². The summed E-state index contributed by atoms with van der Waals surface area (Å²) >= 11 is 0. The van der Waals surface area contributed by atoms with Crippen LogP contribution in [0.2, 0.25) is 0 Å². The summed E-state index contributed by atoms with van der Waals surface area (Å²) in [7, 11) is 3.46. The molecule has 21 unspecified atom stereocenters. The average molecular weight is 1570 g/mol. The molecule has 9 heteroatoms. The number of methoxy groups -OCH3 is 2. The largest absolute Gasteiger partial charge is 0.382 e. The summed E-state index contributed by atoms with van der Waals surface area (Å²) in [5, 5.41) is 0. The molecule has 0 radical (unpaired) electrons. The van der Waals surface area contributed by atoms with Crippen LogP contribution in [0.25, 0.3) is 0 Å². The fraction of sp³-hybridized carbons (Fsp3) is 1.00. The predicted octanol–water partition coefficient (Wildman–Crippen LogP) is 28.1. The Morgan fingerprint density at radius 3 is 1.19 bits per heavy atom. The Bertz CT molecular complexity index is 2460. The second-order valence-corrected chi connectivity index (χ2v) is 43.3. The van der Waals surface area contributed by atoms with Gasteiger partial charge in [-0.1, -0.05) is 88.0 Å². The van der Waals surface area contributed by atoms with Crippen LogP contribution in [-0.4, -0.2) is 112 Å². The van der Waals surface area contributed by atoms with E-state index in [0.29, 0.717) is 84.1 Å². The van der Waals surface area contributed by atoms with E-state index in [1.54, 1.807) is 52.7 Å². The summed E-state index contributed by atoms with van der Waals surface area (Å²) in [6.07, 6.45) is 63.3. The second kappa shape index (κ2) is 45.1. The molecule has 20 fully saturated rings. The number of fused-ring (bicyclic) bond motifs is 14. The highest BCUT2D eigenvalue weighted by Crippen LogP contribution is 2.69. The summed E-state index contributed by atoms with van der Waals surface area (Å²) in [6, 6.07) is 0. The molecule has 18 bridgehead atoms. The van der Waals surface area contributed by atoms with E-state index in [9.17, 15) is 0 Å². The molecule has 9 nitrogen and oxygen atoms in total. The monoisotopic (exact) mass is 1570 g/mol. The molecule has 0 aromatic rings. The molecule has 112 heavy (non-hydrogen) atoms. The lowest BCUT2D eigenvalue weighted by Gasteiger charge is -2.62. The Balaban J connectivity index is 0.000000148. The highest BCUT2D eigenvalue weighted by atomic mass is 16.5. The minimum absolute atomic E-state index is 0.0818. The standard InChI is InChI=1S/C17H30O.C16H26O.2C15H26O.C14H24O.C10H20O.C6H14O.2C5H12O/c1-5-12(2)18-16(3,4)17-9-13-6-14(10-17)8-15(7-13)11-17;1-3-9(2)17-14-8-12-7-13(14)16-11-5-4-10(6-11)15(12)16;1-4-10(2)16-15(3)13-6-11-5-12(8-13)9-14(15)7-11;1-3-11(2)16-10-15-7-12-4-13(8-15)6-14(5-12)9-15;1-3-9(2)15-14-8-10-7-13(14)12-6-4-5-11(10)12;1-3-9(2)11-10-7-5-4-6-8-10;1-4-6(3)7-5-2;2*1-4-5(2)6-3/h12-15H,5-11H2,1-4H3;9-16H,3-8H2,1-2H3;10-14H,4-9H2,1-3H3;11-14H,3-10H2,1-2H3;9-14H,3-8H2,1-2H3;9-10H,3-8H2,1-2H3;6H,4-5H2,1-3H3;2*5H,4H2,1-3H3. The zero-order valence-electron chi connectivity index (χ0n) is 78.6. The molecule has 656 valence electrons. The predicted molar refractivity (Wildman–Crippen MR) is 471 cm³/mol. The van der Waals surface area contributed by atoms with E-state index in [2.05, 4.69) is 145 Å². The van der Waals surface area contributed by atoms with Crippen LogP contribution in [-0.2, 0) is 42.6 Å². The maximum absolute atomic E-state index is 6.47. The minimum Gasteiger partial charge on any atom is -0.382 e. The van der Waals surface area contributed by atoms with Crippen LogP contribution >= 0.6 is 0 Å².